The van der Waals surface area contributed by atoms with Crippen molar-refractivity contribution in [3.8, 4) is 0 Å². The van der Waals surface area contributed by atoms with Crippen molar-refractivity contribution in [2.24, 2.45) is 0 Å². The van der Waals surface area contributed by atoms with E-state index >= 15 is 0 Å². The second kappa shape index (κ2) is 5.03. The first-order valence-electron chi connectivity index (χ1n) is 1.25. The molecule has 0 heterocycles. The maximum atomic E-state index is 7.76. The van der Waals surface area contributed by atoms with Gasteiger partial charge in [0.05, 0.1) is 0 Å². The van der Waals surface area contributed by atoms with Crippen LogP contribution in [0.2, 0.25) is 0 Å². The molecule has 0 aromatic carbocycles. The molecule has 7 radical (unpaired) electrons. The molecular weight excluding hydrogens is 124 g/mol. The molecule has 0 spiro atoms. The Bertz CT molecular complexity index is 65.2. The van der Waals surface area contributed by atoms with Crippen molar-refractivity contribution in [3.63, 3.8) is 0 Å². The average Bonchev–Trinajstić information content (AvgIpc) is 1.61. The molecule has 0 aliphatic rings. The highest BCUT2D eigenvalue weighted by molar-refractivity contribution is 7.31. The van der Waals surface area contributed by atoms with Crippen LogP contribution in [0.15, 0.2) is 0 Å². The molecule has 0 bridgehead atoms. The van der Waals surface area contributed by atoms with Crippen molar-refractivity contribution in [2.75, 3.05) is 0 Å². The van der Waals surface area contributed by atoms with E-state index < -0.39 is 0 Å². The standard InChI is InChI=1S/CHN2Si3/c2-3-1-5-6-4/h1H. The summed E-state index contributed by atoms with van der Waals surface area (Å²) >= 11 is 0. The van der Waals surface area contributed by atoms with Crippen molar-refractivity contribution < 1.29 is 4.79 Å². The van der Waals surface area contributed by atoms with Crippen molar-refractivity contribution >= 4 is 33.2 Å². The highest BCUT2D eigenvalue weighted by atomic mass is 29.5. The summed E-state index contributed by atoms with van der Waals surface area (Å²) in [7, 11) is 4.53. The summed E-state index contributed by atoms with van der Waals surface area (Å²) in [5.74, 6) is 1.48. The summed E-state index contributed by atoms with van der Waals surface area (Å²) < 4.78 is 0. The maximum Gasteiger partial charge on any atom is 0.218 e. The maximum absolute atomic E-state index is 7.76. The molecule has 0 amide bonds. The molecule has 27 valence electrons. The van der Waals surface area contributed by atoms with Gasteiger partial charge >= 0.3 is 0 Å². The van der Waals surface area contributed by atoms with Gasteiger partial charge in [0.2, 0.25) is 5.84 Å². The second-order valence-electron chi connectivity index (χ2n) is 0.514. The Labute approximate surface area is 44.2 Å². The van der Waals surface area contributed by atoms with Crippen LogP contribution in [0.4, 0.5) is 0 Å². The Kier molecular flexibility index (Phi) is 5.06. The number of nitrogens with zero attached hydrogens (tertiary/aromatic N) is 2. The highest BCUT2D eigenvalue weighted by Crippen LogP contribution is 1.34. The Morgan fingerprint density at radius 2 is 2.50 bits per heavy atom. The molecule has 5 heteroatoms. The van der Waals surface area contributed by atoms with Crippen LogP contribution in [0.3, 0.4) is 0 Å². The number of hydrogen-bond acceptors (Lipinski definition) is 0. The SMILES string of the molecule is [N-]=[N+]=C[Si][Si][Si]. The fourth-order valence-corrected chi connectivity index (χ4v) is 1.13. The third-order valence-electron chi connectivity index (χ3n) is 0.194. The third-order valence-corrected chi connectivity index (χ3v) is 2.70. The number of rotatable bonds is 2. The predicted octanol–water partition coefficient (Wildman–Crippen LogP) is -1.35. The molecule has 0 saturated heterocycles. The van der Waals surface area contributed by atoms with E-state index in [-0.39, 0.29) is 0 Å². The van der Waals surface area contributed by atoms with Crippen LogP contribution in [-0.2, 0) is 0 Å². The van der Waals surface area contributed by atoms with Gasteiger partial charge in [0.1, 0.15) is 0 Å². The van der Waals surface area contributed by atoms with Crippen LogP contribution in [0.1, 0.15) is 0 Å². The molecule has 0 aliphatic heterocycles. The Morgan fingerprint density at radius 1 is 1.83 bits per heavy atom. The van der Waals surface area contributed by atoms with Crippen molar-refractivity contribution in [3.05, 3.63) is 5.53 Å². The molecule has 0 N–H and O–H groups in total. The molecule has 0 fully saturated rings. The van der Waals surface area contributed by atoms with E-state index in [1.807, 2.05) is 0 Å². The summed E-state index contributed by atoms with van der Waals surface area (Å²) in [5.41, 5.74) is 7.76. The van der Waals surface area contributed by atoms with Gasteiger partial charge < -0.3 is 5.53 Å². The van der Waals surface area contributed by atoms with Gasteiger partial charge in [0.15, 0.2) is 9.04 Å². The monoisotopic (exact) mass is 125 g/mol. The quantitative estimate of drug-likeness (QED) is 0.189. The van der Waals surface area contributed by atoms with E-state index in [2.05, 4.69) is 14.5 Å². The second-order valence-corrected chi connectivity index (χ2v) is 5.18. The zero-order valence-corrected chi connectivity index (χ0v) is 5.97. The van der Waals surface area contributed by atoms with Crippen molar-refractivity contribution in [1.29, 1.82) is 0 Å². The van der Waals surface area contributed by atoms with Gasteiger partial charge in [-0.1, -0.05) is 0 Å². The van der Waals surface area contributed by atoms with E-state index in [0.29, 0.717) is 17.6 Å². The first kappa shape index (κ1) is 6.03. The zero-order valence-electron chi connectivity index (χ0n) is 2.97. The lowest BCUT2D eigenvalue weighted by molar-refractivity contribution is 0.00757. The molecular formula is CHN2Si3. The predicted molar refractivity (Wildman–Crippen MR) is 26.9 cm³/mol. The minimum atomic E-state index is 0.615. The minimum absolute atomic E-state index is 0.615. The zero-order chi connectivity index (χ0) is 4.83. The van der Waals surface area contributed by atoms with Crippen LogP contribution in [-0.4, -0.2) is 38.0 Å². The van der Waals surface area contributed by atoms with Gasteiger partial charge in [0, 0.05) is 18.3 Å². The Hall–Kier alpha value is 0.0306. The van der Waals surface area contributed by atoms with Gasteiger partial charge in [-0.15, -0.1) is 0 Å². The van der Waals surface area contributed by atoms with E-state index in [4.69, 9.17) is 5.53 Å². The van der Waals surface area contributed by atoms with E-state index in [0.717, 1.165) is 0 Å². The molecule has 0 aromatic heterocycles. The lowest BCUT2D eigenvalue weighted by atomic mass is 11.7. The summed E-state index contributed by atoms with van der Waals surface area (Å²) in [5, 5.41) is 0. The lowest BCUT2D eigenvalue weighted by Gasteiger charge is -1.60. The van der Waals surface area contributed by atoms with Crippen LogP contribution in [0.25, 0.3) is 5.53 Å². The molecule has 0 aromatic rings. The normalized spacial score (nSPS) is 6.83. The van der Waals surface area contributed by atoms with Gasteiger partial charge in [-0.3, -0.25) is 0 Å². The molecule has 0 atom stereocenters. The van der Waals surface area contributed by atoms with Crippen LogP contribution < -0.4 is 0 Å². The van der Waals surface area contributed by atoms with E-state index in [1.165, 1.54) is 5.84 Å². The molecule has 0 aliphatic carbocycles. The largest absolute Gasteiger partial charge is 0.363 e. The van der Waals surface area contributed by atoms with Crippen LogP contribution >= 0.6 is 0 Å². The first-order valence-corrected chi connectivity index (χ1v) is 5.82. The van der Waals surface area contributed by atoms with Gasteiger partial charge in [-0.2, -0.15) is 4.79 Å². The minimum Gasteiger partial charge on any atom is -0.363 e. The smallest absolute Gasteiger partial charge is 0.218 e. The Morgan fingerprint density at radius 3 is 2.67 bits per heavy atom. The van der Waals surface area contributed by atoms with E-state index in [1.54, 1.807) is 0 Å². The fourth-order valence-electron chi connectivity index (χ4n) is 0.0611. The first-order chi connectivity index (χ1) is 2.91. The fraction of sp³-hybridized carbons (Fsp3) is 0. The van der Waals surface area contributed by atoms with Crippen molar-refractivity contribution in [1.82, 2.24) is 0 Å². The third kappa shape index (κ3) is 4.03. The molecule has 0 unspecified atom stereocenters. The van der Waals surface area contributed by atoms with Gasteiger partial charge in [-0.25, -0.2) is 0 Å². The van der Waals surface area contributed by atoms with Crippen molar-refractivity contribution in [2.45, 2.75) is 0 Å². The average molecular weight is 125 g/mol. The van der Waals surface area contributed by atoms with Gasteiger partial charge in [0.25, 0.3) is 0 Å². The van der Waals surface area contributed by atoms with Crippen LogP contribution in [0, 0.1) is 0 Å². The Balaban J connectivity index is 2.86. The number of hydrogen-bond donors (Lipinski definition) is 0. The lowest BCUT2D eigenvalue weighted by Crippen LogP contribution is -2.04. The highest BCUT2D eigenvalue weighted by Gasteiger charge is 1.78. The van der Waals surface area contributed by atoms with Crippen LogP contribution in [0.5, 0.6) is 0 Å². The summed E-state index contributed by atoms with van der Waals surface area (Å²) in [4.78, 5) is 2.79. The topological polar surface area (TPSA) is 36.4 Å². The van der Waals surface area contributed by atoms with E-state index in [9.17, 15) is 0 Å². The summed E-state index contributed by atoms with van der Waals surface area (Å²) in [6, 6.07) is 0. The summed E-state index contributed by atoms with van der Waals surface area (Å²) in [6.45, 7) is 0. The molecule has 0 saturated carbocycles. The molecule has 0 rings (SSSR count). The summed E-state index contributed by atoms with van der Waals surface area (Å²) in [6.07, 6.45) is 0. The van der Waals surface area contributed by atoms with Gasteiger partial charge in [-0.05, 0) is 0 Å². The molecule has 6 heavy (non-hydrogen) atoms. The molecule has 2 nitrogen and oxygen atoms in total.